The molecule has 2 N–H and O–H groups in total. The van der Waals surface area contributed by atoms with Gasteiger partial charge < -0.3 is 5.73 Å². The Bertz CT molecular complexity index is 742. The van der Waals surface area contributed by atoms with Gasteiger partial charge in [0.1, 0.15) is 12.7 Å². The number of aromatic nitrogens is 6. The molecule has 2 heterocycles. The number of anilines is 1. The second-order valence-corrected chi connectivity index (χ2v) is 5.27. The van der Waals surface area contributed by atoms with E-state index in [9.17, 15) is 0 Å². The van der Waals surface area contributed by atoms with Crippen LogP contribution in [-0.2, 0) is 5.75 Å². The third-order valence-corrected chi connectivity index (χ3v) is 3.76. The lowest BCUT2D eigenvalue weighted by molar-refractivity contribution is 0.763. The van der Waals surface area contributed by atoms with E-state index in [1.165, 1.54) is 40.2 Å². The monoisotopic (exact) mass is 299 g/mol. The van der Waals surface area contributed by atoms with Crippen LogP contribution in [0, 0.1) is 6.92 Å². The summed E-state index contributed by atoms with van der Waals surface area (Å²) in [5.74, 6) is 1.31. The van der Waals surface area contributed by atoms with E-state index in [4.69, 9.17) is 5.73 Å². The van der Waals surface area contributed by atoms with Crippen molar-refractivity contribution in [2.45, 2.75) is 17.8 Å². The van der Waals surface area contributed by atoms with Crippen LogP contribution in [0.4, 0.5) is 5.95 Å². The zero-order valence-electron chi connectivity index (χ0n) is 11.3. The van der Waals surface area contributed by atoms with Gasteiger partial charge in [0.25, 0.3) is 5.95 Å². The first kappa shape index (κ1) is 13.5. The van der Waals surface area contributed by atoms with E-state index in [2.05, 4.69) is 44.1 Å². The van der Waals surface area contributed by atoms with Crippen LogP contribution in [0.25, 0.3) is 5.95 Å². The van der Waals surface area contributed by atoms with Crippen LogP contribution in [0.1, 0.15) is 11.1 Å². The van der Waals surface area contributed by atoms with Gasteiger partial charge in [-0.1, -0.05) is 36.0 Å². The van der Waals surface area contributed by atoms with Crippen molar-refractivity contribution in [3.05, 3.63) is 48.0 Å². The Labute approximate surface area is 125 Å². The number of rotatable bonds is 4. The van der Waals surface area contributed by atoms with Crippen molar-refractivity contribution in [1.29, 1.82) is 0 Å². The van der Waals surface area contributed by atoms with Crippen molar-refractivity contribution in [2.24, 2.45) is 0 Å². The highest BCUT2D eigenvalue weighted by molar-refractivity contribution is 7.98. The third kappa shape index (κ3) is 3.16. The fourth-order valence-electron chi connectivity index (χ4n) is 1.75. The van der Waals surface area contributed by atoms with Crippen molar-refractivity contribution >= 4 is 17.7 Å². The van der Waals surface area contributed by atoms with Crippen molar-refractivity contribution in [3.8, 4) is 5.95 Å². The average Bonchev–Trinajstić information content (AvgIpc) is 3.00. The van der Waals surface area contributed by atoms with E-state index < -0.39 is 0 Å². The predicted octanol–water partition coefficient (Wildman–Crippen LogP) is 1.64. The van der Waals surface area contributed by atoms with Crippen LogP contribution < -0.4 is 5.73 Å². The summed E-state index contributed by atoms with van der Waals surface area (Å²) in [4.78, 5) is 16.4. The van der Waals surface area contributed by atoms with E-state index in [1.807, 2.05) is 12.1 Å². The average molecular weight is 299 g/mol. The zero-order chi connectivity index (χ0) is 14.7. The largest absolute Gasteiger partial charge is 0.368 e. The fourth-order valence-corrected chi connectivity index (χ4v) is 2.67. The van der Waals surface area contributed by atoms with Crippen molar-refractivity contribution < 1.29 is 0 Å². The first-order valence-corrected chi connectivity index (χ1v) is 7.25. The van der Waals surface area contributed by atoms with Crippen LogP contribution in [-0.4, -0.2) is 29.7 Å². The number of thioether (sulfide) groups is 1. The molecule has 106 valence electrons. The third-order valence-electron chi connectivity index (χ3n) is 2.86. The molecule has 0 aliphatic carbocycles. The van der Waals surface area contributed by atoms with E-state index in [0.717, 1.165) is 5.75 Å². The molecule has 0 radical (unpaired) electrons. The van der Waals surface area contributed by atoms with Gasteiger partial charge in [0, 0.05) is 5.75 Å². The van der Waals surface area contributed by atoms with Gasteiger partial charge in [0.05, 0.1) is 0 Å². The first-order chi connectivity index (χ1) is 10.2. The first-order valence-electron chi connectivity index (χ1n) is 6.26. The SMILES string of the molecule is Cc1ccccc1CSc1nc(N)nc(-n2cncn2)n1. The Morgan fingerprint density at radius 2 is 2.05 bits per heavy atom. The molecule has 0 spiro atoms. The molecular weight excluding hydrogens is 286 g/mol. The van der Waals surface area contributed by atoms with Gasteiger partial charge in [-0.05, 0) is 18.1 Å². The molecule has 0 saturated heterocycles. The number of nitrogen functional groups attached to an aromatic ring is 1. The number of nitrogens with two attached hydrogens (primary N) is 1. The molecule has 21 heavy (non-hydrogen) atoms. The van der Waals surface area contributed by atoms with Gasteiger partial charge in [-0.2, -0.15) is 24.7 Å². The van der Waals surface area contributed by atoms with Crippen molar-refractivity contribution in [1.82, 2.24) is 29.7 Å². The highest BCUT2D eigenvalue weighted by Gasteiger charge is 2.08. The maximum atomic E-state index is 5.73. The molecule has 0 unspecified atom stereocenters. The molecule has 2 aromatic heterocycles. The van der Waals surface area contributed by atoms with Gasteiger partial charge >= 0.3 is 0 Å². The summed E-state index contributed by atoms with van der Waals surface area (Å²) in [5.41, 5.74) is 8.21. The summed E-state index contributed by atoms with van der Waals surface area (Å²) in [7, 11) is 0. The van der Waals surface area contributed by atoms with Gasteiger partial charge in [-0.3, -0.25) is 0 Å². The Kier molecular flexibility index (Phi) is 3.78. The summed E-state index contributed by atoms with van der Waals surface area (Å²) in [6.07, 6.45) is 2.94. The number of hydrogen-bond acceptors (Lipinski definition) is 7. The molecule has 0 amide bonds. The Morgan fingerprint density at radius 1 is 1.19 bits per heavy atom. The number of benzene rings is 1. The van der Waals surface area contributed by atoms with Gasteiger partial charge in [0.2, 0.25) is 5.95 Å². The van der Waals surface area contributed by atoms with Gasteiger partial charge in [-0.25, -0.2) is 4.98 Å². The Balaban J connectivity index is 1.81. The summed E-state index contributed by atoms with van der Waals surface area (Å²) in [6.45, 7) is 2.08. The van der Waals surface area contributed by atoms with Crippen LogP contribution in [0.15, 0.2) is 42.1 Å². The number of hydrogen-bond donors (Lipinski definition) is 1. The molecule has 0 atom stereocenters. The molecular formula is C13H13N7S. The minimum absolute atomic E-state index is 0.169. The molecule has 0 saturated carbocycles. The highest BCUT2D eigenvalue weighted by atomic mass is 32.2. The molecule has 0 bridgehead atoms. The second kappa shape index (κ2) is 5.88. The highest BCUT2D eigenvalue weighted by Crippen LogP contribution is 2.22. The summed E-state index contributed by atoms with van der Waals surface area (Å²) < 4.78 is 1.45. The quantitative estimate of drug-likeness (QED) is 0.731. The molecule has 3 rings (SSSR count). The second-order valence-electron chi connectivity index (χ2n) is 4.33. The Morgan fingerprint density at radius 3 is 2.81 bits per heavy atom. The Hall–Kier alpha value is -2.48. The normalized spacial score (nSPS) is 10.7. The van der Waals surface area contributed by atoms with E-state index >= 15 is 0 Å². The number of aryl methyl sites for hydroxylation is 1. The van der Waals surface area contributed by atoms with Crippen LogP contribution in [0.2, 0.25) is 0 Å². The minimum Gasteiger partial charge on any atom is -0.368 e. The van der Waals surface area contributed by atoms with E-state index in [-0.39, 0.29) is 5.95 Å². The summed E-state index contributed by atoms with van der Waals surface area (Å²) in [5, 5.41) is 4.56. The molecule has 8 heteroatoms. The molecule has 0 aliphatic heterocycles. The summed E-state index contributed by atoms with van der Waals surface area (Å²) in [6, 6.07) is 8.21. The van der Waals surface area contributed by atoms with Gasteiger partial charge in [0.15, 0.2) is 5.16 Å². The van der Waals surface area contributed by atoms with Crippen molar-refractivity contribution in [3.63, 3.8) is 0 Å². The molecule has 1 aromatic carbocycles. The molecule has 7 nitrogen and oxygen atoms in total. The standard InChI is InChI=1S/C13H13N7S/c1-9-4-2-3-5-10(9)6-21-13-18-11(14)17-12(19-13)20-8-15-7-16-20/h2-5,7-8H,6H2,1H3,(H2,14,17,18,19). The summed E-state index contributed by atoms with van der Waals surface area (Å²) >= 11 is 1.51. The maximum Gasteiger partial charge on any atom is 0.257 e. The van der Waals surface area contributed by atoms with E-state index in [0.29, 0.717) is 11.1 Å². The van der Waals surface area contributed by atoms with E-state index in [1.54, 1.807) is 0 Å². The van der Waals surface area contributed by atoms with Gasteiger partial charge in [-0.15, -0.1) is 0 Å². The zero-order valence-corrected chi connectivity index (χ0v) is 12.2. The molecule has 0 aliphatic rings. The van der Waals surface area contributed by atoms with Crippen LogP contribution >= 0.6 is 11.8 Å². The smallest absolute Gasteiger partial charge is 0.257 e. The maximum absolute atomic E-state index is 5.73. The minimum atomic E-state index is 0.169. The van der Waals surface area contributed by atoms with Crippen LogP contribution in [0.3, 0.4) is 0 Å². The lowest BCUT2D eigenvalue weighted by atomic mass is 10.1. The number of nitrogens with zero attached hydrogens (tertiary/aromatic N) is 6. The van der Waals surface area contributed by atoms with Crippen LogP contribution in [0.5, 0.6) is 0 Å². The fraction of sp³-hybridized carbons (Fsp3) is 0.154. The molecule has 3 aromatic rings. The predicted molar refractivity (Wildman–Crippen MR) is 79.9 cm³/mol. The topological polar surface area (TPSA) is 95.4 Å². The lowest BCUT2D eigenvalue weighted by Crippen LogP contribution is -2.07. The lowest BCUT2D eigenvalue weighted by Gasteiger charge is -2.06. The van der Waals surface area contributed by atoms with Crippen molar-refractivity contribution in [2.75, 3.05) is 5.73 Å². The molecule has 0 fully saturated rings.